The van der Waals surface area contributed by atoms with Crippen LogP contribution in [-0.4, -0.2) is 14.6 Å². The summed E-state index contributed by atoms with van der Waals surface area (Å²) in [5.41, 5.74) is 1.85. The van der Waals surface area contributed by atoms with Gasteiger partial charge in [0.05, 0.1) is 16.3 Å². The molecule has 0 fully saturated rings. The smallest absolute Gasteiger partial charge is 0.280 e. The van der Waals surface area contributed by atoms with Crippen molar-refractivity contribution in [1.29, 1.82) is 5.26 Å². The molecule has 2 heterocycles. The number of nitriles is 1. The van der Waals surface area contributed by atoms with Crippen LogP contribution >= 0.6 is 34.8 Å². The monoisotopic (exact) mass is 414 g/mol. The molecule has 0 aliphatic carbocycles. The number of aromatic nitrogens is 3. The Hall–Kier alpha value is -2.78. The van der Waals surface area contributed by atoms with E-state index in [4.69, 9.17) is 34.8 Å². The molecule has 0 saturated heterocycles. The van der Waals surface area contributed by atoms with Crippen LogP contribution in [0.1, 0.15) is 5.56 Å². The maximum atomic E-state index is 13.0. The third-order valence-corrected chi connectivity index (χ3v) is 5.01. The fourth-order valence-corrected chi connectivity index (χ4v) is 3.61. The lowest BCUT2D eigenvalue weighted by Crippen LogP contribution is -2.17. The molecule has 0 bridgehead atoms. The predicted octanol–water partition coefficient (Wildman–Crippen LogP) is 5.19. The quantitative estimate of drug-likeness (QED) is 0.489. The van der Waals surface area contributed by atoms with E-state index in [9.17, 15) is 10.1 Å². The van der Waals surface area contributed by atoms with E-state index in [-0.39, 0.29) is 16.8 Å². The maximum Gasteiger partial charge on any atom is 0.280 e. The molecule has 5 nitrogen and oxygen atoms in total. The highest BCUT2D eigenvalue weighted by molar-refractivity contribution is 6.36. The summed E-state index contributed by atoms with van der Waals surface area (Å²) in [6, 6.07) is 14.0. The standard InChI is InChI=1S/C19H9Cl3N4O/c20-10-5-6-12(16(22)7-10)17-13(8-23)18-24-9-14(19(27)26(18)25-17)11-3-1-2-4-15(11)21/h1-7,9,25H. The van der Waals surface area contributed by atoms with Crippen LogP contribution < -0.4 is 5.56 Å². The Kier molecular flexibility index (Phi) is 4.40. The van der Waals surface area contributed by atoms with Crippen LogP contribution in [0.15, 0.2) is 53.5 Å². The molecular weight excluding hydrogens is 407 g/mol. The summed E-state index contributed by atoms with van der Waals surface area (Å²) in [6.07, 6.45) is 1.42. The molecule has 0 aliphatic rings. The number of benzene rings is 2. The summed E-state index contributed by atoms with van der Waals surface area (Å²) in [5.74, 6) is 0. The molecule has 4 aromatic rings. The van der Waals surface area contributed by atoms with Crippen molar-refractivity contribution >= 4 is 40.4 Å². The van der Waals surface area contributed by atoms with Crippen LogP contribution in [0.2, 0.25) is 15.1 Å². The van der Waals surface area contributed by atoms with E-state index in [2.05, 4.69) is 16.2 Å². The Labute approximate surface area is 168 Å². The third-order valence-electron chi connectivity index (χ3n) is 4.13. The molecule has 0 aliphatic heterocycles. The molecule has 2 aromatic heterocycles. The van der Waals surface area contributed by atoms with Gasteiger partial charge >= 0.3 is 0 Å². The van der Waals surface area contributed by atoms with Gasteiger partial charge in [-0.15, -0.1) is 0 Å². The first-order chi connectivity index (χ1) is 13.0. The lowest BCUT2D eigenvalue weighted by Gasteiger charge is -2.03. The number of nitrogens with zero attached hydrogens (tertiary/aromatic N) is 3. The molecular formula is C19H9Cl3N4O. The molecule has 0 radical (unpaired) electrons. The second-order valence-electron chi connectivity index (χ2n) is 5.71. The van der Waals surface area contributed by atoms with E-state index in [0.29, 0.717) is 37.5 Å². The van der Waals surface area contributed by atoms with Crippen molar-refractivity contribution in [2.75, 3.05) is 0 Å². The third kappa shape index (κ3) is 2.88. The second-order valence-corrected chi connectivity index (χ2v) is 6.96. The summed E-state index contributed by atoms with van der Waals surface area (Å²) in [4.78, 5) is 17.3. The van der Waals surface area contributed by atoms with Gasteiger partial charge in [0, 0.05) is 27.4 Å². The highest BCUT2D eigenvalue weighted by Gasteiger charge is 2.20. The number of aromatic amines is 1. The van der Waals surface area contributed by atoms with Crippen molar-refractivity contribution in [2.45, 2.75) is 0 Å². The first-order valence-electron chi connectivity index (χ1n) is 7.75. The van der Waals surface area contributed by atoms with Gasteiger partial charge in [-0.1, -0.05) is 53.0 Å². The fraction of sp³-hybridized carbons (Fsp3) is 0. The normalized spacial score (nSPS) is 10.9. The SMILES string of the molecule is N#Cc1c(-c2ccc(Cl)cc2Cl)[nH]n2c(=O)c(-c3ccccc3Cl)cnc12. The van der Waals surface area contributed by atoms with Gasteiger partial charge in [0.2, 0.25) is 0 Å². The lowest BCUT2D eigenvalue weighted by atomic mass is 10.1. The van der Waals surface area contributed by atoms with E-state index in [1.807, 2.05) is 0 Å². The number of halogens is 3. The molecule has 0 unspecified atom stereocenters. The van der Waals surface area contributed by atoms with E-state index in [0.717, 1.165) is 0 Å². The molecule has 0 atom stereocenters. The minimum absolute atomic E-state index is 0.208. The average molecular weight is 416 g/mol. The van der Waals surface area contributed by atoms with Crippen LogP contribution in [0, 0.1) is 11.3 Å². The lowest BCUT2D eigenvalue weighted by molar-refractivity contribution is 0.905. The molecule has 132 valence electrons. The number of fused-ring (bicyclic) bond motifs is 1. The molecule has 8 heteroatoms. The number of hydrogen-bond acceptors (Lipinski definition) is 3. The van der Waals surface area contributed by atoms with Gasteiger partial charge in [0.15, 0.2) is 5.65 Å². The van der Waals surface area contributed by atoms with E-state index in [1.54, 1.807) is 42.5 Å². The summed E-state index contributed by atoms with van der Waals surface area (Å²) >= 11 is 18.4. The predicted molar refractivity (Wildman–Crippen MR) is 106 cm³/mol. The molecule has 0 saturated carbocycles. The van der Waals surface area contributed by atoms with Crippen LogP contribution in [-0.2, 0) is 0 Å². The van der Waals surface area contributed by atoms with Gasteiger partial charge < -0.3 is 0 Å². The summed E-state index contributed by atoms with van der Waals surface area (Å²) in [6.45, 7) is 0. The van der Waals surface area contributed by atoms with Crippen molar-refractivity contribution in [1.82, 2.24) is 14.6 Å². The van der Waals surface area contributed by atoms with Crippen molar-refractivity contribution in [3.63, 3.8) is 0 Å². The van der Waals surface area contributed by atoms with E-state index >= 15 is 0 Å². The fourth-order valence-electron chi connectivity index (χ4n) is 2.87. The van der Waals surface area contributed by atoms with E-state index < -0.39 is 0 Å². The first-order valence-corrected chi connectivity index (χ1v) is 8.89. The first kappa shape index (κ1) is 17.6. The Morgan fingerprint density at radius 3 is 2.48 bits per heavy atom. The van der Waals surface area contributed by atoms with Crippen LogP contribution in [0.3, 0.4) is 0 Å². The number of H-pyrrole nitrogens is 1. The van der Waals surface area contributed by atoms with Crippen molar-refractivity contribution in [3.8, 4) is 28.5 Å². The van der Waals surface area contributed by atoms with Crippen molar-refractivity contribution < 1.29 is 0 Å². The summed E-state index contributed by atoms with van der Waals surface area (Å²) < 4.78 is 1.22. The topological polar surface area (TPSA) is 73.9 Å². The number of rotatable bonds is 2. The van der Waals surface area contributed by atoms with Gasteiger partial charge in [-0.25, -0.2) is 4.98 Å². The zero-order chi connectivity index (χ0) is 19.1. The summed E-state index contributed by atoms with van der Waals surface area (Å²) in [7, 11) is 0. The molecule has 4 rings (SSSR count). The van der Waals surface area contributed by atoms with Crippen molar-refractivity contribution in [3.05, 3.63) is 79.6 Å². The Morgan fingerprint density at radius 1 is 1.00 bits per heavy atom. The van der Waals surface area contributed by atoms with E-state index in [1.165, 1.54) is 10.7 Å². The van der Waals surface area contributed by atoms with Crippen LogP contribution in [0.4, 0.5) is 0 Å². The highest BCUT2D eigenvalue weighted by Crippen LogP contribution is 2.33. The molecule has 0 amide bonds. The molecule has 27 heavy (non-hydrogen) atoms. The number of hydrogen-bond donors (Lipinski definition) is 1. The minimum atomic E-state index is -0.374. The Morgan fingerprint density at radius 2 is 1.78 bits per heavy atom. The van der Waals surface area contributed by atoms with Gasteiger partial charge in [-0.2, -0.15) is 9.78 Å². The number of nitrogens with one attached hydrogen (secondary N) is 1. The molecule has 2 aromatic carbocycles. The summed E-state index contributed by atoms with van der Waals surface area (Å²) in [5, 5.41) is 13.8. The largest absolute Gasteiger partial charge is 0.287 e. The zero-order valence-corrected chi connectivity index (χ0v) is 15.8. The Bertz CT molecular complexity index is 1300. The van der Waals surface area contributed by atoms with Gasteiger partial charge in [0.1, 0.15) is 11.6 Å². The van der Waals surface area contributed by atoms with Gasteiger partial charge in [-0.3, -0.25) is 9.89 Å². The van der Waals surface area contributed by atoms with Crippen molar-refractivity contribution in [2.24, 2.45) is 0 Å². The second kappa shape index (κ2) is 6.75. The van der Waals surface area contributed by atoms with Crippen LogP contribution in [0.5, 0.6) is 0 Å². The average Bonchev–Trinajstić information content (AvgIpc) is 3.02. The minimum Gasteiger partial charge on any atom is -0.287 e. The Balaban J connectivity index is 2.02. The zero-order valence-electron chi connectivity index (χ0n) is 13.5. The molecule has 1 N–H and O–H groups in total. The van der Waals surface area contributed by atoms with Gasteiger partial charge in [-0.05, 0) is 24.3 Å². The van der Waals surface area contributed by atoms with Gasteiger partial charge in [0.25, 0.3) is 5.56 Å². The molecule has 0 spiro atoms. The highest BCUT2D eigenvalue weighted by atomic mass is 35.5. The maximum absolute atomic E-state index is 13.0. The van der Waals surface area contributed by atoms with Crippen LogP contribution in [0.25, 0.3) is 28.0 Å².